The van der Waals surface area contributed by atoms with Gasteiger partial charge >= 0.3 is 0 Å². The van der Waals surface area contributed by atoms with Crippen molar-refractivity contribution in [1.29, 1.82) is 0 Å². The molecule has 4 heteroatoms. The molecular formula is C19H30N2O2. The van der Waals surface area contributed by atoms with E-state index in [1.807, 2.05) is 12.1 Å². The van der Waals surface area contributed by atoms with Crippen molar-refractivity contribution in [2.45, 2.75) is 45.4 Å². The molecule has 0 spiro atoms. The van der Waals surface area contributed by atoms with E-state index in [2.05, 4.69) is 38.2 Å². The van der Waals surface area contributed by atoms with Crippen LogP contribution in [0.2, 0.25) is 0 Å². The first-order valence-electron chi connectivity index (χ1n) is 8.63. The average molecular weight is 318 g/mol. The molecule has 3 N–H and O–H groups in total. The number of amides is 1. The van der Waals surface area contributed by atoms with Gasteiger partial charge in [-0.05, 0) is 48.4 Å². The summed E-state index contributed by atoms with van der Waals surface area (Å²) in [6, 6.07) is 8.17. The molecule has 0 heterocycles. The summed E-state index contributed by atoms with van der Waals surface area (Å²) >= 11 is 0. The molecule has 1 fully saturated rings. The highest BCUT2D eigenvalue weighted by molar-refractivity contribution is 5.79. The maximum atomic E-state index is 12.2. The number of nitrogens with two attached hydrogens (primary N) is 1. The zero-order chi connectivity index (χ0) is 16.9. The largest absolute Gasteiger partial charge is 0.492 e. The molecule has 0 saturated heterocycles. The maximum absolute atomic E-state index is 12.2. The standard InChI is InChI=1S/C19H30N2O2/c1-19(2,3)15-7-9-16(10-8-15)23-12-11-21-18(22)17-6-4-5-14(17)13-20/h7-10,14,17H,4-6,11-13,20H2,1-3H3,(H,21,22)/t14-,17-/m1/s1. The number of hydrogen-bond acceptors (Lipinski definition) is 3. The van der Waals surface area contributed by atoms with Crippen LogP contribution in [0, 0.1) is 11.8 Å². The van der Waals surface area contributed by atoms with Gasteiger partial charge in [-0.2, -0.15) is 0 Å². The normalized spacial score (nSPS) is 21.2. The smallest absolute Gasteiger partial charge is 0.223 e. The molecule has 0 aromatic heterocycles. The van der Waals surface area contributed by atoms with Crippen LogP contribution in [0.3, 0.4) is 0 Å². The molecule has 1 aromatic rings. The van der Waals surface area contributed by atoms with E-state index in [4.69, 9.17) is 10.5 Å². The van der Waals surface area contributed by atoms with Crippen LogP contribution < -0.4 is 15.8 Å². The summed E-state index contributed by atoms with van der Waals surface area (Å²) in [6.07, 6.45) is 3.14. The number of hydrogen-bond donors (Lipinski definition) is 2. The molecule has 128 valence electrons. The first-order chi connectivity index (χ1) is 10.9. The Morgan fingerprint density at radius 1 is 1.26 bits per heavy atom. The summed E-state index contributed by atoms with van der Waals surface area (Å²) in [5, 5.41) is 2.98. The van der Waals surface area contributed by atoms with Crippen molar-refractivity contribution in [1.82, 2.24) is 5.32 Å². The maximum Gasteiger partial charge on any atom is 0.223 e. The molecular weight excluding hydrogens is 288 g/mol. The van der Waals surface area contributed by atoms with Crippen molar-refractivity contribution in [3.8, 4) is 5.75 Å². The summed E-state index contributed by atoms with van der Waals surface area (Å²) in [4.78, 5) is 12.2. The number of carbonyl (C=O) groups is 1. The van der Waals surface area contributed by atoms with E-state index in [1.165, 1.54) is 5.56 Å². The van der Waals surface area contributed by atoms with Crippen molar-refractivity contribution >= 4 is 5.91 Å². The van der Waals surface area contributed by atoms with Crippen LogP contribution in [0.4, 0.5) is 0 Å². The van der Waals surface area contributed by atoms with Crippen LogP contribution in [-0.2, 0) is 10.2 Å². The number of ether oxygens (including phenoxy) is 1. The number of carbonyl (C=O) groups excluding carboxylic acids is 1. The Morgan fingerprint density at radius 2 is 1.96 bits per heavy atom. The highest BCUT2D eigenvalue weighted by Gasteiger charge is 2.31. The second-order valence-electron chi connectivity index (χ2n) is 7.45. The van der Waals surface area contributed by atoms with Gasteiger partial charge in [-0.25, -0.2) is 0 Å². The van der Waals surface area contributed by atoms with Gasteiger partial charge in [-0.1, -0.05) is 39.3 Å². The van der Waals surface area contributed by atoms with Crippen molar-refractivity contribution in [3.63, 3.8) is 0 Å². The predicted octanol–water partition coefficient (Wildman–Crippen LogP) is 2.85. The van der Waals surface area contributed by atoms with Crippen LogP contribution >= 0.6 is 0 Å². The van der Waals surface area contributed by atoms with Crippen LogP contribution in [-0.4, -0.2) is 25.6 Å². The molecule has 2 rings (SSSR count). The minimum atomic E-state index is 0.0890. The van der Waals surface area contributed by atoms with E-state index in [1.54, 1.807) is 0 Å². The van der Waals surface area contributed by atoms with E-state index < -0.39 is 0 Å². The molecule has 1 aliphatic rings. The topological polar surface area (TPSA) is 64.3 Å². The van der Waals surface area contributed by atoms with Crippen LogP contribution in [0.15, 0.2) is 24.3 Å². The van der Waals surface area contributed by atoms with Gasteiger partial charge in [0.25, 0.3) is 0 Å². The number of rotatable bonds is 6. The fraction of sp³-hybridized carbons (Fsp3) is 0.632. The third kappa shape index (κ3) is 4.96. The lowest BCUT2D eigenvalue weighted by atomic mass is 9.87. The molecule has 1 amide bonds. The summed E-state index contributed by atoms with van der Waals surface area (Å²) < 4.78 is 5.70. The lowest BCUT2D eigenvalue weighted by molar-refractivity contribution is -0.126. The Balaban J connectivity index is 1.72. The van der Waals surface area contributed by atoms with Crippen molar-refractivity contribution in [3.05, 3.63) is 29.8 Å². The Labute approximate surface area is 139 Å². The highest BCUT2D eigenvalue weighted by Crippen LogP contribution is 2.30. The van der Waals surface area contributed by atoms with Crippen LogP contribution in [0.25, 0.3) is 0 Å². The van der Waals surface area contributed by atoms with Gasteiger partial charge in [0.15, 0.2) is 0 Å². The number of benzene rings is 1. The van der Waals surface area contributed by atoms with Gasteiger partial charge in [-0.3, -0.25) is 4.79 Å². The van der Waals surface area contributed by atoms with E-state index in [0.717, 1.165) is 25.0 Å². The first-order valence-corrected chi connectivity index (χ1v) is 8.63. The van der Waals surface area contributed by atoms with E-state index >= 15 is 0 Å². The lowest BCUT2D eigenvalue weighted by Gasteiger charge is -2.19. The number of nitrogens with one attached hydrogen (secondary N) is 1. The summed E-state index contributed by atoms with van der Waals surface area (Å²) in [5.41, 5.74) is 7.16. The summed E-state index contributed by atoms with van der Waals surface area (Å²) in [6.45, 7) is 8.20. The third-order valence-corrected chi connectivity index (χ3v) is 4.69. The molecule has 1 aromatic carbocycles. The highest BCUT2D eigenvalue weighted by atomic mass is 16.5. The Hall–Kier alpha value is -1.55. The zero-order valence-corrected chi connectivity index (χ0v) is 14.6. The molecule has 2 atom stereocenters. The molecule has 4 nitrogen and oxygen atoms in total. The van der Waals surface area contributed by atoms with Gasteiger partial charge in [0.2, 0.25) is 5.91 Å². The minimum absolute atomic E-state index is 0.0890. The molecule has 1 aliphatic carbocycles. The van der Waals surface area contributed by atoms with Crippen molar-refractivity contribution in [2.75, 3.05) is 19.7 Å². The van der Waals surface area contributed by atoms with Gasteiger partial charge < -0.3 is 15.8 Å². The molecule has 1 saturated carbocycles. The third-order valence-electron chi connectivity index (χ3n) is 4.69. The predicted molar refractivity (Wildman–Crippen MR) is 93.5 cm³/mol. The average Bonchev–Trinajstić information content (AvgIpc) is 2.99. The van der Waals surface area contributed by atoms with Gasteiger partial charge in [0.05, 0.1) is 6.54 Å². The molecule has 0 radical (unpaired) electrons. The quantitative estimate of drug-likeness (QED) is 0.793. The molecule has 0 unspecified atom stereocenters. The van der Waals surface area contributed by atoms with Crippen LogP contribution in [0.5, 0.6) is 5.75 Å². The fourth-order valence-corrected chi connectivity index (χ4v) is 3.19. The minimum Gasteiger partial charge on any atom is -0.492 e. The fourth-order valence-electron chi connectivity index (χ4n) is 3.19. The molecule has 0 bridgehead atoms. The van der Waals surface area contributed by atoms with Crippen molar-refractivity contribution < 1.29 is 9.53 Å². The van der Waals surface area contributed by atoms with E-state index in [-0.39, 0.29) is 17.2 Å². The van der Waals surface area contributed by atoms with Gasteiger partial charge in [-0.15, -0.1) is 0 Å². The Bertz CT molecular complexity index is 505. The monoisotopic (exact) mass is 318 g/mol. The van der Waals surface area contributed by atoms with E-state index in [9.17, 15) is 4.79 Å². The SMILES string of the molecule is CC(C)(C)c1ccc(OCCNC(=O)[C@@H]2CCC[C@@H]2CN)cc1. The van der Waals surface area contributed by atoms with Crippen LogP contribution in [0.1, 0.15) is 45.6 Å². The van der Waals surface area contributed by atoms with Gasteiger partial charge in [0.1, 0.15) is 12.4 Å². The zero-order valence-electron chi connectivity index (χ0n) is 14.6. The second kappa shape index (κ2) is 7.82. The van der Waals surface area contributed by atoms with Gasteiger partial charge in [0, 0.05) is 5.92 Å². The summed E-state index contributed by atoms with van der Waals surface area (Å²) in [5.74, 6) is 1.41. The summed E-state index contributed by atoms with van der Waals surface area (Å²) in [7, 11) is 0. The Morgan fingerprint density at radius 3 is 2.57 bits per heavy atom. The van der Waals surface area contributed by atoms with Crippen molar-refractivity contribution in [2.24, 2.45) is 17.6 Å². The molecule has 0 aliphatic heterocycles. The Kier molecular flexibility index (Phi) is 6.05. The second-order valence-corrected chi connectivity index (χ2v) is 7.45. The van der Waals surface area contributed by atoms with E-state index in [0.29, 0.717) is 25.6 Å². The lowest BCUT2D eigenvalue weighted by Crippen LogP contribution is -2.37. The molecule has 23 heavy (non-hydrogen) atoms. The first kappa shape index (κ1) is 17.8.